The van der Waals surface area contributed by atoms with Gasteiger partial charge in [-0.1, -0.05) is 6.92 Å². The van der Waals surface area contributed by atoms with Crippen LogP contribution in [0.3, 0.4) is 0 Å². The Hall–Kier alpha value is -1.10. The standard InChI is InChI=1S/C11H20O5/c1-5-11(4,10(14)16-7-3)8(12)9(13)15-6-2/h8,12H,5-7H2,1-4H3/t8-,11+/m0/s1. The van der Waals surface area contributed by atoms with E-state index in [2.05, 4.69) is 4.74 Å². The minimum absolute atomic E-state index is 0.165. The Balaban J connectivity index is 4.80. The average molecular weight is 232 g/mol. The second-order valence-electron chi connectivity index (χ2n) is 3.65. The van der Waals surface area contributed by atoms with E-state index >= 15 is 0 Å². The van der Waals surface area contributed by atoms with Gasteiger partial charge >= 0.3 is 11.9 Å². The summed E-state index contributed by atoms with van der Waals surface area (Å²) in [6.07, 6.45) is -1.19. The predicted molar refractivity (Wildman–Crippen MR) is 57.7 cm³/mol. The van der Waals surface area contributed by atoms with Crippen LogP contribution in [0.2, 0.25) is 0 Å². The van der Waals surface area contributed by atoms with E-state index in [1.165, 1.54) is 6.92 Å². The Morgan fingerprint density at radius 3 is 2.06 bits per heavy atom. The number of aliphatic hydroxyl groups excluding tert-OH is 1. The Bertz CT molecular complexity index is 251. The van der Waals surface area contributed by atoms with Crippen LogP contribution < -0.4 is 0 Å². The molecule has 0 aliphatic rings. The SMILES string of the molecule is CCOC(=O)[C@H](O)[C@@](C)(CC)C(=O)OCC. The summed E-state index contributed by atoms with van der Waals surface area (Å²) >= 11 is 0. The first-order chi connectivity index (χ1) is 7.43. The molecule has 0 aromatic rings. The van der Waals surface area contributed by atoms with Gasteiger partial charge in [-0.15, -0.1) is 0 Å². The van der Waals surface area contributed by atoms with E-state index in [9.17, 15) is 14.7 Å². The normalized spacial score (nSPS) is 16.1. The minimum Gasteiger partial charge on any atom is -0.465 e. The number of aliphatic hydroxyl groups is 1. The number of esters is 2. The minimum atomic E-state index is -1.49. The van der Waals surface area contributed by atoms with Gasteiger partial charge in [0, 0.05) is 0 Å². The molecule has 0 aromatic carbocycles. The van der Waals surface area contributed by atoms with Crippen molar-refractivity contribution in [2.24, 2.45) is 5.41 Å². The van der Waals surface area contributed by atoms with E-state index < -0.39 is 23.5 Å². The van der Waals surface area contributed by atoms with Crippen molar-refractivity contribution >= 4 is 11.9 Å². The van der Waals surface area contributed by atoms with Gasteiger partial charge in [-0.05, 0) is 27.2 Å². The molecule has 0 saturated carbocycles. The second-order valence-corrected chi connectivity index (χ2v) is 3.65. The number of rotatable bonds is 6. The summed E-state index contributed by atoms with van der Waals surface area (Å²) in [7, 11) is 0. The summed E-state index contributed by atoms with van der Waals surface area (Å²) in [5.41, 5.74) is -1.25. The lowest BCUT2D eigenvalue weighted by Gasteiger charge is -2.29. The van der Waals surface area contributed by atoms with Crippen LogP contribution in [0.15, 0.2) is 0 Å². The number of carbonyl (C=O) groups is 2. The van der Waals surface area contributed by atoms with E-state index in [4.69, 9.17) is 4.74 Å². The molecule has 0 spiro atoms. The second kappa shape index (κ2) is 6.48. The van der Waals surface area contributed by atoms with Crippen LogP contribution in [0.1, 0.15) is 34.1 Å². The molecule has 0 heterocycles. The van der Waals surface area contributed by atoms with Crippen molar-refractivity contribution in [1.82, 2.24) is 0 Å². The average Bonchev–Trinajstić information content (AvgIpc) is 2.27. The molecule has 5 heteroatoms. The van der Waals surface area contributed by atoms with E-state index in [1.54, 1.807) is 20.8 Å². The maximum absolute atomic E-state index is 11.7. The molecule has 0 saturated heterocycles. The van der Waals surface area contributed by atoms with Crippen LogP contribution in [-0.2, 0) is 19.1 Å². The Kier molecular flexibility index (Phi) is 6.03. The van der Waals surface area contributed by atoms with E-state index in [-0.39, 0.29) is 13.2 Å². The van der Waals surface area contributed by atoms with Crippen molar-refractivity contribution in [3.8, 4) is 0 Å². The first-order valence-corrected chi connectivity index (χ1v) is 5.45. The van der Waals surface area contributed by atoms with Crippen LogP contribution in [0.4, 0.5) is 0 Å². The highest BCUT2D eigenvalue weighted by atomic mass is 16.6. The molecule has 16 heavy (non-hydrogen) atoms. The largest absolute Gasteiger partial charge is 0.465 e. The van der Waals surface area contributed by atoms with E-state index in [1.807, 2.05) is 0 Å². The maximum atomic E-state index is 11.7. The van der Waals surface area contributed by atoms with Crippen molar-refractivity contribution in [1.29, 1.82) is 0 Å². The summed E-state index contributed by atoms with van der Waals surface area (Å²) in [6.45, 7) is 6.89. The van der Waals surface area contributed by atoms with Crippen molar-refractivity contribution in [3.63, 3.8) is 0 Å². The van der Waals surface area contributed by atoms with Crippen molar-refractivity contribution in [2.45, 2.75) is 40.2 Å². The summed E-state index contributed by atoms with van der Waals surface area (Å²) in [4.78, 5) is 23.0. The molecule has 0 unspecified atom stereocenters. The Morgan fingerprint density at radius 2 is 1.69 bits per heavy atom. The Labute approximate surface area is 95.7 Å². The van der Waals surface area contributed by atoms with Gasteiger partial charge in [0.25, 0.3) is 0 Å². The number of carbonyl (C=O) groups excluding carboxylic acids is 2. The molecule has 5 nitrogen and oxygen atoms in total. The molecule has 0 bridgehead atoms. The molecular formula is C11H20O5. The van der Waals surface area contributed by atoms with Gasteiger partial charge in [0.15, 0.2) is 6.10 Å². The molecule has 0 rings (SSSR count). The monoisotopic (exact) mass is 232 g/mol. The van der Waals surface area contributed by atoms with Gasteiger partial charge in [0.2, 0.25) is 0 Å². The molecule has 1 N–H and O–H groups in total. The number of ether oxygens (including phenoxy) is 2. The quantitative estimate of drug-likeness (QED) is 0.688. The molecule has 2 atom stereocenters. The fourth-order valence-electron chi connectivity index (χ4n) is 1.23. The number of hydrogen-bond donors (Lipinski definition) is 1. The van der Waals surface area contributed by atoms with Crippen LogP contribution in [-0.4, -0.2) is 36.4 Å². The third-order valence-electron chi connectivity index (χ3n) is 2.59. The first kappa shape index (κ1) is 14.9. The fraction of sp³-hybridized carbons (Fsp3) is 0.818. The lowest BCUT2D eigenvalue weighted by molar-refractivity contribution is -0.175. The molecule has 0 aliphatic carbocycles. The van der Waals surface area contributed by atoms with Crippen molar-refractivity contribution in [3.05, 3.63) is 0 Å². The molecule has 0 amide bonds. The highest BCUT2D eigenvalue weighted by Gasteiger charge is 2.45. The van der Waals surface area contributed by atoms with E-state index in [0.29, 0.717) is 6.42 Å². The molecule has 0 aromatic heterocycles. The highest BCUT2D eigenvalue weighted by molar-refractivity contribution is 5.86. The van der Waals surface area contributed by atoms with Crippen LogP contribution in [0.25, 0.3) is 0 Å². The molecule has 94 valence electrons. The molecule has 0 radical (unpaired) electrons. The van der Waals surface area contributed by atoms with Crippen LogP contribution >= 0.6 is 0 Å². The third-order valence-corrected chi connectivity index (χ3v) is 2.59. The van der Waals surface area contributed by atoms with Crippen LogP contribution in [0, 0.1) is 5.41 Å². The molecule has 0 fully saturated rings. The zero-order chi connectivity index (χ0) is 12.8. The van der Waals surface area contributed by atoms with Gasteiger partial charge in [0.1, 0.15) is 5.41 Å². The summed E-state index contributed by atoms with van der Waals surface area (Å²) in [6, 6.07) is 0. The summed E-state index contributed by atoms with van der Waals surface area (Å²) < 4.78 is 9.52. The van der Waals surface area contributed by atoms with E-state index in [0.717, 1.165) is 0 Å². The van der Waals surface area contributed by atoms with Crippen LogP contribution in [0.5, 0.6) is 0 Å². The van der Waals surface area contributed by atoms with Crippen molar-refractivity contribution in [2.75, 3.05) is 13.2 Å². The van der Waals surface area contributed by atoms with Gasteiger partial charge in [0.05, 0.1) is 13.2 Å². The van der Waals surface area contributed by atoms with Crippen molar-refractivity contribution < 1.29 is 24.2 Å². The smallest absolute Gasteiger partial charge is 0.336 e. The number of hydrogen-bond acceptors (Lipinski definition) is 5. The zero-order valence-electron chi connectivity index (χ0n) is 10.3. The van der Waals surface area contributed by atoms with Gasteiger partial charge in [-0.3, -0.25) is 4.79 Å². The zero-order valence-corrected chi connectivity index (χ0v) is 10.3. The van der Waals surface area contributed by atoms with Gasteiger partial charge in [-0.2, -0.15) is 0 Å². The highest BCUT2D eigenvalue weighted by Crippen LogP contribution is 2.28. The van der Waals surface area contributed by atoms with Gasteiger partial charge in [-0.25, -0.2) is 4.79 Å². The lowest BCUT2D eigenvalue weighted by atomic mass is 9.81. The maximum Gasteiger partial charge on any atom is 0.336 e. The topological polar surface area (TPSA) is 72.8 Å². The first-order valence-electron chi connectivity index (χ1n) is 5.45. The molecular weight excluding hydrogens is 212 g/mol. The fourth-order valence-corrected chi connectivity index (χ4v) is 1.23. The summed E-state index contributed by atoms with van der Waals surface area (Å²) in [5, 5.41) is 9.79. The molecule has 0 aliphatic heterocycles. The lowest BCUT2D eigenvalue weighted by Crippen LogP contribution is -2.46. The van der Waals surface area contributed by atoms with Gasteiger partial charge < -0.3 is 14.6 Å². The predicted octanol–water partition coefficient (Wildman–Crippen LogP) is 0.890. The Morgan fingerprint density at radius 1 is 1.19 bits per heavy atom. The summed E-state index contributed by atoms with van der Waals surface area (Å²) in [5.74, 6) is -1.38. The third kappa shape index (κ3) is 3.20.